The maximum atomic E-state index is 13.1. The Hall–Kier alpha value is -0.610. The van der Waals surface area contributed by atoms with Crippen molar-refractivity contribution < 1.29 is 9.18 Å². The summed E-state index contributed by atoms with van der Waals surface area (Å²) < 4.78 is 13.6. The second kappa shape index (κ2) is 5.06. The summed E-state index contributed by atoms with van der Waals surface area (Å²) in [5, 5.41) is 0.179. The number of fused-ring (bicyclic) bond motifs is 2. The molecule has 2 aliphatic heterocycles. The third kappa shape index (κ3) is 2.40. The van der Waals surface area contributed by atoms with Crippen molar-refractivity contribution >= 4 is 33.4 Å². The van der Waals surface area contributed by atoms with Crippen LogP contribution in [0.2, 0.25) is 0 Å². The number of alkyl halides is 1. The average Bonchev–Trinajstić information content (AvgIpc) is 2.61. The molecule has 2 saturated heterocycles. The molecule has 2 atom stereocenters. The molecule has 2 heterocycles. The van der Waals surface area contributed by atoms with Gasteiger partial charge in [-0.25, -0.2) is 4.39 Å². The van der Waals surface area contributed by atoms with E-state index in [1.54, 1.807) is 6.07 Å². The molecular formula is C14H14BrClFNO. The summed E-state index contributed by atoms with van der Waals surface area (Å²) >= 11 is 9.49. The van der Waals surface area contributed by atoms with E-state index in [1.165, 1.54) is 12.1 Å². The zero-order valence-electron chi connectivity index (χ0n) is 10.3. The minimum absolute atomic E-state index is 0.0112. The molecule has 2 nitrogen and oxygen atoms in total. The highest BCUT2D eigenvalue weighted by atomic mass is 79.9. The predicted octanol–water partition coefficient (Wildman–Crippen LogP) is 3.96. The Bertz CT molecular complexity index is 510. The zero-order valence-corrected chi connectivity index (χ0v) is 12.6. The molecule has 0 spiro atoms. The lowest BCUT2D eigenvalue weighted by atomic mass is 10.0. The molecule has 2 aliphatic rings. The lowest BCUT2D eigenvalue weighted by molar-refractivity contribution is 0.0598. The van der Waals surface area contributed by atoms with Gasteiger partial charge in [0.2, 0.25) is 0 Å². The number of amides is 1. The minimum atomic E-state index is -0.342. The van der Waals surface area contributed by atoms with Gasteiger partial charge >= 0.3 is 0 Å². The van der Waals surface area contributed by atoms with Gasteiger partial charge in [0.05, 0.1) is 5.56 Å². The van der Waals surface area contributed by atoms with Gasteiger partial charge in [0, 0.05) is 21.9 Å². The summed E-state index contributed by atoms with van der Waals surface area (Å²) in [6, 6.07) is 4.70. The summed E-state index contributed by atoms with van der Waals surface area (Å²) in [6.45, 7) is 0. The largest absolute Gasteiger partial charge is 0.333 e. The van der Waals surface area contributed by atoms with Crippen molar-refractivity contribution in [1.82, 2.24) is 4.90 Å². The topological polar surface area (TPSA) is 20.3 Å². The first-order chi connectivity index (χ1) is 9.06. The molecule has 0 aromatic heterocycles. The Kier molecular flexibility index (Phi) is 3.56. The van der Waals surface area contributed by atoms with Crippen molar-refractivity contribution in [3.05, 3.63) is 34.1 Å². The van der Waals surface area contributed by atoms with E-state index in [2.05, 4.69) is 15.9 Å². The number of hydrogen-bond donors (Lipinski definition) is 0. The zero-order chi connectivity index (χ0) is 13.6. The predicted molar refractivity (Wildman–Crippen MR) is 76.0 cm³/mol. The molecule has 19 heavy (non-hydrogen) atoms. The van der Waals surface area contributed by atoms with Gasteiger partial charge in [-0.3, -0.25) is 4.79 Å². The third-order valence-electron chi connectivity index (χ3n) is 4.07. The molecule has 0 N–H and O–H groups in total. The quantitative estimate of drug-likeness (QED) is 0.705. The normalized spacial score (nSPS) is 29.6. The van der Waals surface area contributed by atoms with Crippen LogP contribution >= 0.6 is 27.5 Å². The van der Waals surface area contributed by atoms with E-state index < -0.39 is 0 Å². The second-order valence-electron chi connectivity index (χ2n) is 5.29. The molecule has 1 amide bonds. The van der Waals surface area contributed by atoms with E-state index in [0.29, 0.717) is 10.0 Å². The summed E-state index contributed by atoms with van der Waals surface area (Å²) in [7, 11) is 0. The smallest absolute Gasteiger partial charge is 0.255 e. The fraction of sp³-hybridized carbons (Fsp3) is 0.500. The number of piperidine rings is 1. The van der Waals surface area contributed by atoms with Gasteiger partial charge in [-0.05, 0) is 59.8 Å². The molecule has 2 unspecified atom stereocenters. The van der Waals surface area contributed by atoms with Crippen LogP contribution in [0.4, 0.5) is 4.39 Å². The Labute approximate surface area is 125 Å². The number of carbonyl (C=O) groups excluding carboxylic acids is 1. The van der Waals surface area contributed by atoms with E-state index in [1.807, 2.05) is 4.90 Å². The second-order valence-corrected chi connectivity index (χ2v) is 6.76. The highest BCUT2D eigenvalue weighted by molar-refractivity contribution is 9.10. The van der Waals surface area contributed by atoms with E-state index >= 15 is 0 Å². The summed E-state index contributed by atoms with van der Waals surface area (Å²) in [5.74, 6) is -0.353. The monoisotopic (exact) mass is 345 g/mol. The van der Waals surface area contributed by atoms with Crippen molar-refractivity contribution in [1.29, 1.82) is 0 Å². The third-order valence-corrected chi connectivity index (χ3v) is 5.08. The van der Waals surface area contributed by atoms with Crippen molar-refractivity contribution in [3.63, 3.8) is 0 Å². The maximum Gasteiger partial charge on any atom is 0.255 e. The summed E-state index contributed by atoms with van der Waals surface area (Å²) in [5.41, 5.74) is 0.534. The highest BCUT2D eigenvalue weighted by Gasteiger charge is 2.43. The fourth-order valence-corrected chi connectivity index (χ4v) is 4.18. The van der Waals surface area contributed by atoms with Crippen LogP contribution in [0.3, 0.4) is 0 Å². The summed E-state index contributed by atoms with van der Waals surface area (Å²) in [6.07, 6.45) is 3.78. The molecule has 2 fully saturated rings. The van der Waals surface area contributed by atoms with Gasteiger partial charge in [0.25, 0.3) is 5.91 Å². The molecule has 2 bridgehead atoms. The first-order valence-electron chi connectivity index (χ1n) is 6.48. The Balaban J connectivity index is 1.88. The minimum Gasteiger partial charge on any atom is -0.333 e. The van der Waals surface area contributed by atoms with Crippen LogP contribution in [0.25, 0.3) is 0 Å². The molecule has 5 heteroatoms. The molecule has 3 rings (SSSR count). The number of nitrogens with zero attached hydrogens (tertiary/aromatic N) is 1. The number of rotatable bonds is 1. The molecule has 1 aromatic rings. The van der Waals surface area contributed by atoms with E-state index in [0.717, 1.165) is 25.7 Å². The average molecular weight is 347 g/mol. The van der Waals surface area contributed by atoms with Crippen LogP contribution in [-0.4, -0.2) is 28.3 Å². The molecule has 102 valence electrons. The van der Waals surface area contributed by atoms with Crippen molar-refractivity contribution in [2.45, 2.75) is 43.1 Å². The standard InChI is InChI=1S/C14H14BrClFNO/c15-13-7-9(17)1-4-12(13)14(19)18-10-2-3-11(18)6-8(16)5-10/h1,4,7-8,10-11H,2-3,5-6H2. The maximum absolute atomic E-state index is 13.1. The lowest BCUT2D eigenvalue weighted by Gasteiger charge is -2.37. The van der Waals surface area contributed by atoms with Crippen molar-refractivity contribution in [3.8, 4) is 0 Å². The number of carbonyl (C=O) groups is 1. The van der Waals surface area contributed by atoms with Gasteiger partial charge in [-0.15, -0.1) is 11.6 Å². The van der Waals surface area contributed by atoms with Crippen molar-refractivity contribution in [2.75, 3.05) is 0 Å². The molecule has 0 aliphatic carbocycles. The van der Waals surface area contributed by atoms with Crippen LogP contribution in [0.5, 0.6) is 0 Å². The van der Waals surface area contributed by atoms with E-state index in [9.17, 15) is 9.18 Å². The lowest BCUT2D eigenvalue weighted by Crippen LogP contribution is -2.47. The van der Waals surface area contributed by atoms with Crippen LogP contribution in [-0.2, 0) is 0 Å². The molecule has 0 saturated carbocycles. The van der Waals surface area contributed by atoms with Gasteiger partial charge in [-0.2, -0.15) is 0 Å². The Morgan fingerprint density at radius 3 is 2.53 bits per heavy atom. The number of halogens is 3. The van der Waals surface area contributed by atoms with E-state index in [4.69, 9.17) is 11.6 Å². The molecule has 1 aromatic carbocycles. The van der Waals surface area contributed by atoms with Gasteiger partial charge in [0.15, 0.2) is 0 Å². The Morgan fingerprint density at radius 1 is 1.32 bits per heavy atom. The number of benzene rings is 1. The van der Waals surface area contributed by atoms with Crippen LogP contribution in [0.15, 0.2) is 22.7 Å². The van der Waals surface area contributed by atoms with Crippen LogP contribution in [0, 0.1) is 5.82 Å². The van der Waals surface area contributed by atoms with Crippen molar-refractivity contribution in [2.24, 2.45) is 0 Å². The number of hydrogen-bond acceptors (Lipinski definition) is 1. The first-order valence-corrected chi connectivity index (χ1v) is 7.71. The fourth-order valence-electron chi connectivity index (χ4n) is 3.24. The van der Waals surface area contributed by atoms with Gasteiger partial charge in [-0.1, -0.05) is 0 Å². The first kappa shape index (κ1) is 13.4. The molecular weight excluding hydrogens is 333 g/mol. The van der Waals surface area contributed by atoms with Crippen LogP contribution in [0.1, 0.15) is 36.0 Å². The van der Waals surface area contributed by atoms with Gasteiger partial charge in [0.1, 0.15) is 5.82 Å². The van der Waals surface area contributed by atoms with E-state index in [-0.39, 0.29) is 29.2 Å². The molecule has 0 radical (unpaired) electrons. The Morgan fingerprint density at radius 2 is 1.95 bits per heavy atom. The highest BCUT2D eigenvalue weighted by Crippen LogP contribution is 2.39. The van der Waals surface area contributed by atoms with Gasteiger partial charge < -0.3 is 4.90 Å². The van der Waals surface area contributed by atoms with Crippen LogP contribution < -0.4 is 0 Å². The SMILES string of the molecule is O=C(c1ccc(F)cc1Br)N1C2CCC1CC(Cl)C2. The summed E-state index contributed by atoms with van der Waals surface area (Å²) in [4.78, 5) is 14.6.